The van der Waals surface area contributed by atoms with E-state index in [0.29, 0.717) is 28.7 Å². The number of hydrogen-bond donors (Lipinski definition) is 3. The van der Waals surface area contributed by atoms with Gasteiger partial charge in [-0.05, 0) is 42.8 Å². The number of rotatable bonds is 8. The fourth-order valence-electron chi connectivity index (χ4n) is 2.89. The number of benzene rings is 2. The number of aromatic hydroxyl groups is 1. The minimum Gasteiger partial charge on any atom is -0.508 e. The number of carbonyl (C=O) groups excluding carboxylic acids is 3. The Morgan fingerprint density at radius 2 is 1.74 bits per heavy atom. The van der Waals surface area contributed by atoms with Gasteiger partial charge in [0.1, 0.15) is 5.75 Å². The van der Waals surface area contributed by atoms with Gasteiger partial charge in [0.2, 0.25) is 5.91 Å². The number of para-hydroxylation sites is 1. The van der Waals surface area contributed by atoms with Gasteiger partial charge in [0.25, 0.3) is 5.91 Å². The van der Waals surface area contributed by atoms with Crippen LogP contribution in [0.1, 0.15) is 23.7 Å². The van der Waals surface area contributed by atoms with E-state index in [4.69, 9.17) is 4.74 Å². The summed E-state index contributed by atoms with van der Waals surface area (Å²) >= 11 is 0. The Kier molecular flexibility index (Phi) is 7.16. The van der Waals surface area contributed by atoms with Crippen LogP contribution in [0.5, 0.6) is 5.75 Å². The number of nitrogens with zero attached hydrogens (tertiary/aromatic N) is 1. The minimum absolute atomic E-state index is 0.124. The van der Waals surface area contributed by atoms with Crippen molar-refractivity contribution in [1.29, 1.82) is 0 Å². The Hall–Kier alpha value is -3.94. The molecule has 2 amide bonds. The van der Waals surface area contributed by atoms with Gasteiger partial charge in [-0.2, -0.15) is 0 Å². The maximum atomic E-state index is 12.7. The quantitative estimate of drug-likeness (QED) is 0.481. The molecule has 8 nitrogen and oxygen atoms in total. The number of phenolic OH excluding ortho intramolecular Hbond substituents is 1. The molecule has 0 aliphatic heterocycles. The molecule has 0 saturated carbocycles. The molecule has 0 fully saturated rings. The number of nitrogens with one attached hydrogen (secondary N) is 2. The van der Waals surface area contributed by atoms with Crippen LogP contribution < -0.4 is 10.6 Å². The number of fused-ring (bicyclic) bond motifs is 1. The van der Waals surface area contributed by atoms with Gasteiger partial charge in [-0.15, -0.1) is 0 Å². The van der Waals surface area contributed by atoms with E-state index in [-0.39, 0.29) is 23.8 Å². The van der Waals surface area contributed by atoms with Gasteiger partial charge in [0, 0.05) is 17.5 Å². The standard InChI is InChI=1S/C23H23N3O5/c1-2-11-24-21(28)13-25-22(29)14-31-23(30)18-12-20(15-7-9-16(27)10-8-15)26-19-6-4-3-5-17(18)19/h3-10,12,27H,2,11,13-14H2,1H3,(H,24,28)(H,25,29). The van der Waals surface area contributed by atoms with E-state index in [0.717, 1.165) is 6.42 Å². The molecular weight excluding hydrogens is 398 g/mol. The zero-order chi connectivity index (χ0) is 22.2. The van der Waals surface area contributed by atoms with Crippen LogP contribution in [-0.2, 0) is 14.3 Å². The van der Waals surface area contributed by atoms with Crippen LogP contribution >= 0.6 is 0 Å². The van der Waals surface area contributed by atoms with E-state index < -0.39 is 18.5 Å². The van der Waals surface area contributed by atoms with Crippen molar-refractivity contribution < 1.29 is 24.2 Å². The highest BCUT2D eigenvalue weighted by atomic mass is 16.5. The van der Waals surface area contributed by atoms with E-state index >= 15 is 0 Å². The van der Waals surface area contributed by atoms with Crippen molar-refractivity contribution in [3.8, 4) is 17.0 Å². The number of hydrogen-bond acceptors (Lipinski definition) is 6. The summed E-state index contributed by atoms with van der Waals surface area (Å²) in [5, 5.41) is 15.1. The summed E-state index contributed by atoms with van der Waals surface area (Å²) in [6.45, 7) is 1.76. The number of phenols is 1. The lowest BCUT2D eigenvalue weighted by molar-refractivity contribution is -0.127. The maximum Gasteiger partial charge on any atom is 0.339 e. The predicted molar refractivity (Wildman–Crippen MR) is 115 cm³/mol. The molecule has 0 spiro atoms. The highest BCUT2D eigenvalue weighted by molar-refractivity contribution is 6.05. The molecule has 3 N–H and O–H groups in total. The van der Waals surface area contributed by atoms with Crippen molar-refractivity contribution in [1.82, 2.24) is 15.6 Å². The molecule has 1 aromatic heterocycles. The summed E-state index contributed by atoms with van der Waals surface area (Å²) < 4.78 is 5.17. The van der Waals surface area contributed by atoms with Gasteiger partial charge >= 0.3 is 5.97 Å². The zero-order valence-electron chi connectivity index (χ0n) is 17.1. The van der Waals surface area contributed by atoms with Gasteiger partial charge in [-0.3, -0.25) is 9.59 Å². The van der Waals surface area contributed by atoms with E-state index in [2.05, 4.69) is 15.6 Å². The molecule has 0 aliphatic rings. The van der Waals surface area contributed by atoms with E-state index in [1.807, 2.05) is 13.0 Å². The SMILES string of the molecule is CCCNC(=O)CNC(=O)COC(=O)c1cc(-c2ccc(O)cc2)nc2ccccc12. The number of esters is 1. The summed E-state index contributed by atoms with van der Waals surface area (Å²) in [4.78, 5) is 40.8. The first kappa shape index (κ1) is 21.8. The maximum absolute atomic E-state index is 12.7. The van der Waals surface area contributed by atoms with Crippen LogP contribution in [-0.4, -0.2) is 47.6 Å². The lowest BCUT2D eigenvalue weighted by atomic mass is 10.0. The zero-order valence-corrected chi connectivity index (χ0v) is 17.1. The van der Waals surface area contributed by atoms with Crippen LogP contribution in [0, 0.1) is 0 Å². The van der Waals surface area contributed by atoms with Crippen molar-refractivity contribution in [2.45, 2.75) is 13.3 Å². The molecule has 0 aliphatic carbocycles. The van der Waals surface area contributed by atoms with E-state index in [1.165, 1.54) is 12.1 Å². The largest absolute Gasteiger partial charge is 0.508 e. The summed E-state index contributed by atoms with van der Waals surface area (Å²) in [7, 11) is 0. The minimum atomic E-state index is -0.677. The molecule has 0 atom stereocenters. The Bertz CT molecular complexity index is 1100. The van der Waals surface area contributed by atoms with Crippen LogP contribution in [0.2, 0.25) is 0 Å². The van der Waals surface area contributed by atoms with Crippen LogP contribution in [0.25, 0.3) is 22.2 Å². The van der Waals surface area contributed by atoms with Crippen molar-refractivity contribution in [2.75, 3.05) is 19.7 Å². The van der Waals surface area contributed by atoms with Crippen molar-refractivity contribution >= 4 is 28.7 Å². The van der Waals surface area contributed by atoms with Crippen LogP contribution in [0.4, 0.5) is 0 Å². The molecule has 0 saturated heterocycles. The molecule has 0 unspecified atom stereocenters. The van der Waals surface area contributed by atoms with Crippen LogP contribution in [0.15, 0.2) is 54.6 Å². The van der Waals surface area contributed by atoms with Gasteiger partial charge in [-0.25, -0.2) is 9.78 Å². The van der Waals surface area contributed by atoms with E-state index in [1.54, 1.807) is 36.4 Å². The first-order chi connectivity index (χ1) is 15.0. The molecule has 2 aromatic carbocycles. The van der Waals surface area contributed by atoms with Crippen molar-refractivity contribution in [3.63, 3.8) is 0 Å². The first-order valence-electron chi connectivity index (χ1n) is 9.87. The molecule has 3 rings (SSSR count). The summed E-state index contributed by atoms with van der Waals surface area (Å²) in [6, 6.07) is 15.2. The third kappa shape index (κ3) is 5.79. The van der Waals surface area contributed by atoms with Crippen LogP contribution in [0.3, 0.4) is 0 Å². The molecular formula is C23H23N3O5. The van der Waals surface area contributed by atoms with Gasteiger partial charge in [0.15, 0.2) is 6.61 Å². The lowest BCUT2D eigenvalue weighted by Crippen LogP contribution is -2.38. The number of aromatic nitrogens is 1. The highest BCUT2D eigenvalue weighted by Gasteiger charge is 2.17. The number of pyridine rings is 1. The molecule has 3 aromatic rings. The molecule has 1 heterocycles. The van der Waals surface area contributed by atoms with Crippen molar-refractivity contribution in [2.24, 2.45) is 0 Å². The Balaban J connectivity index is 1.73. The normalized spacial score (nSPS) is 10.5. The Morgan fingerprint density at radius 3 is 2.48 bits per heavy atom. The van der Waals surface area contributed by atoms with Crippen molar-refractivity contribution in [3.05, 3.63) is 60.2 Å². The lowest BCUT2D eigenvalue weighted by Gasteiger charge is -2.10. The summed E-state index contributed by atoms with van der Waals surface area (Å²) in [5.74, 6) is -1.43. The molecule has 0 bridgehead atoms. The predicted octanol–water partition coefficient (Wildman–Crippen LogP) is 2.41. The van der Waals surface area contributed by atoms with Gasteiger partial charge < -0.3 is 20.5 Å². The molecule has 0 radical (unpaired) electrons. The average molecular weight is 421 g/mol. The summed E-state index contributed by atoms with van der Waals surface area (Å²) in [6.07, 6.45) is 0.795. The van der Waals surface area contributed by atoms with Gasteiger partial charge in [-0.1, -0.05) is 25.1 Å². The smallest absolute Gasteiger partial charge is 0.339 e. The Morgan fingerprint density at radius 1 is 1.00 bits per heavy atom. The second-order valence-corrected chi connectivity index (χ2v) is 6.82. The average Bonchev–Trinajstić information content (AvgIpc) is 2.79. The highest BCUT2D eigenvalue weighted by Crippen LogP contribution is 2.26. The van der Waals surface area contributed by atoms with E-state index in [9.17, 15) is 19.5 Å². The monoisotopic (exact) mass is 421 g/mol. The second kappa shape index (κ2) is 10.2. The third-order valence-corrected chi connectivity index (χ3v) is 4.45. The molecule has 8 heteroatoms. The fourth-order valence-corrected chi connectivity index (χ4v) is 2.89. The topological polar surface area (TPSA) is 118 Å². The number of amides is 2. The Labute approximate surface area is 179 Å². The fraction of sp³-hybridized carbons (Fsp3) is 0.217. The van der Waals surface area contributed by atoms with Gasteiger partial charge in [0.05, 0.1) is 23.3 Å². The second-order valence-electron chi connectivity index (χ2n) is 6.82. The summed E-state index contributed by atoms with van der Waals surface area (Å²) in [5.41, 5.74) is 2.11. The molecule has 160 valence electrons. The third-order valence-electron chi connectivity index (χ3n) is 4.45. The first-order valence-corrected chi connectivity index (χ1v) is 9.87. The molecule has 31 heavy (non-hydrogen) atoms. The number of carbonyl (C=O) groups is 3. The number of ether oxygens (including phenoxy) is 1.